The SMILES string of the molecule is C=CCn1c(SCC(=O)Nc2ccccc2C(C)C)nnc1[C@H](C)NC(=O)c1ccccc1Cl. The maximum absolute atomic E-state index is 12.7. The van der Waals surface area contributed by atoms with Crippen LogP contribution in [0.1, 0.15) is 54.5 Å². The van der Waals surface area contributed by atoms with Gasteiger partial charge in [0.15, 0.2) is 11.0 Å². The van der Waals surface area contributed by atoms with Gasteiger partial charge in [-0.15, -0.1) is 16.8 Å². The number of nitrogens with one attached hydrogen (secondary N) is 2. The number of benzene rings is 2. The predicted molar refractivity (Wildman–Crippen MR) is 137 cm³/mol. The Balaban J connectivity index is 1.69. The highest BCUT2D eigenvalue weighted by Crippen LogP contribution is 2.25. The molecule has 0 aliphatic carbocycles. The molecule has 7 nitrogen and oxygen atoms in total. The molecule has 0 saturated heterocycles. The van der Waals surface area contributed by atoms with Gasteiger partial charge < -0.3 is 15.2 Å². The van der Waals surface area contributed by atoms with Gasteiger partial charge >= 0.3 is 0 Å². The first-order valence-corrected chi connectivity index (χ1v) is 12.3. The summed E-state index contributed by atoms with van der Waals surface area (Å²) in [6, 6.07) is 14.2. The van der Waals surface area contributed by atoms with Crippen molar-refractivity contribution < 1.29 is 9.59 Å². The van der Waals surface area contributed by atoms with Crippen molar-refractivity contribution in [1.29, 1.82) is 0 Å². The third-order valence-corrected chi connectivity index (χ3v) is 6.40. The van der Waals surface area contributed by atoms with Gasteiger partial charge in [-0.25, -0.2) is 0 Å². The maximum Gasteiger partial charge on any atom is 0.253 e. The summed E-state index contributed by atoms with van der Waals surface area (Å²) in [5.74, 6) is 0.594. The topological polar surface area (TPSA) is 88.9 Å². The fourth-order valence-corrected chi connectivity index (χ4v) is 4.42. The molecule has 0 unspecified atom stereocenters. The molecule has 2 N–H and O–H groups in total. The van der Waals surface area contributed by atoms with Gasteiger partial charge in [0.25, 0.3) is 5.91 Å². The summed E-state index contributed by atoms with van der Waals surface area (Å²) in [4.78, 5) is 25.3. The molecule has 0 saturated carbocycles. The van der Waals surface area contributed by atoms with Gasteiger partial charge in [-0.2, -0.15) is 0 Å². The molecule has 2 amide bonds. The zero-order valence-corrected chi connectivity index (χ0v) is 21.0. The van der Waals surface area contributed by atoms with E-state index in [4.69, 9.17) is 11.6 Å². The lowest BCUT2D eigenvalue weighted by atomic mass is 10.0. The molecule has 178 valence electrons. The van der Waals surface area contributed by atoms with E-state index in [1.807, 2.05) is 35.8 Å². The first kappa shape index (κ1) is 25.5. The van der Waals surface area contributed by atoms with E-state index in [0.29, 0.717) is 34.0 Å². The van der Waals surface area contributed by atoms with Crippen LogP contribution in [0.2, 0.25) is 5.02 Å². The lowest BCUT2D eigenvalue weighted by Gasteiger charge is -2.16. The largest absolute Gasteiger partial charge is 0.342 e. The number of anilines is 1. The maximum atomic E-state index is 12.7. The first-order valence-electron chi connectivity index (χ1n) is 10.9. The Kier molecular flexibility index (Phi) is 8.90. The number of aromatic nitrogens is 3. The molecular formula is C25H28ClN5O2S. The van der Waals surface area contributed by atoms with Crippen LogP contribution < -0.4 is 10.6 Å². The number of carbonyl (C=O) groups is 2. The number of thioether (sulfide) groups is 1. The standard InChI is InChI=1S/C25H28ClN5O2S/c1-5-14-31-23(17(4)27-24(33)19-11-6-8-12-20(19)26)29-30-25(31)34-15-22(32)28-21-13-9-7-10-18(21)16(2)3/h5-13,16-17H,1,14-15H2,2-4H3,(H,27,33)(H,28,32)/t17-/m0/s1. The Morgan fingerprint density at radius 2 is 1.82 bits per heavy atom. The smallest absolute Gasteiger partial charge is 0.253 e. The third kappa shape index (κ3) is 6.27. The van der Waals surface area contributed by atoms with Crippen LogP contribution >= 0.6 is 23.4 Å². The summed E-state index contributed by atoms with van der Waals surface area (Å²) in [5.41, 5.74) is 2.28. The molecule has 1 atom stereocenters. The average molecular weight is 498 g/mol. The number of carbonyl (C=O) groups excluding carboxylic acids is 2. The molecule has 0 radical (unpaired) electrons. The number of amides is 2. The number of nitrogens with zero attached hydrogens (tertiary/aromatic N) is 3. The molecule has 2 aromatic carbocycles. The molecule has 0 aliphatic rings. The Morgan fingerprint density at radius 1 is 1.12 bits per heavy atom. The van der Waals surface area contributed by atoms with Crippen molar-refractivity contribution in [2.45, 2.75) is 44.4 Å². The third-order valence-electron chi connectivity index (χ3n) is 5.10. The van der Waals surface area contributed by atoms with Crippen LogP contribution in [0.4, 0.5) is 5.69 Å². The van der Waals surface area contributed by atoms with Crippen LogP contribution in [0.3, 0.4) is 0 Å². The number of hydrogen-bond donors (Lipinski definition) is 2. The van der Waals surface area contributed by atoms with Gasteiger partial charge in [-0.3, -0.25) is 9.59 Å². The average Bonchev–Trinajstić information content (AvgIpc) is 3.21. The van der Waals surface area contributed by atoms with E-state index in [2.05, 4.69) is 41.3 Å². The van der Waals surface area contributed by atoms with Gasteiger partial charge in [0.1, 0.15) is 0 Å². The van der Waals surface area contributed by atoms with Gasteiger partial charge in [-0.1, -0.05) is 73.6 Å². The van der Waals surface area contributed by atoms with Crippen molar-refractivity contribution in [2.75, 3.05) is 11.1 Å². The van der Waals surface area contributed by atoms with Crippen LogP contribution in [0.5, 0.6) is 0 Å². The molecule has 0 bridgehead atoms. The second-order valence-corrected chi connectivity index (χ2v) is 9.34. The summed E-state index contributed by atoms with van der Waals surface area (Å²) in [5, 5.41) is 15.4. The molecular weight excluding hydrogens is 470 g/mol. The molecule has 1 aromatic heterocycles. The van der Waals surface area contributed by atoms with Crippen LogP contribution in [-0.4, -0.2) is 32.3 Å². The molecule has 0 spiro atoms. The van der Waals surface area contributed by atoms with Crippen molar-refractivity contribution in [2.24, 2.45) is 0 Å². The second-order valence-electron chi connectivity index (χ2n) is 7.99. The van der Waals surface area contributed by atoms with E-state index in [-0.39, 0.29) is 17.6 Å². The summed E-state index contributed by atoms with van der Waals surface area (Å²) in [6.45, 7) is 10.2. The molecule has 9 heteroatoms. The van der Waals surface area contributed by atoms with E-state index >= 15 is 0 Å². The number of halogens is 1. The van der Waals surface area contributed by atoms with Crippen LogP contribution in [0.15, 0.2) is 66.3 Å². The summed E-state index contributed by atoms with van der Waals surface area (Å²) in [6.07, 6.45) is 1.72. The fourth-order valence-electron chi connectivity index (χ4n) is 3.44. The predicted octanol–water partition coefficient (Wildman–Crippen LogP) is 5.46. The van der Waals surface area contributed by atoms with Crippen molar-refractivity contribution in [3.63, 3.8) is 0 Å². The van der Waals surface area contributed by atoms with Gasteiger partial charge in [0, 0.05) is 12.2 Å². The molecule has 3 aromatic rings. The monoisotopic (exact) mass is 497 g/mol. The molecule has 3 rings (SSSR count). The zero-order valence-electron chi connectivity index (χ0n) is 19.4. The number of hydrogen-bond acceptors (Lipinski definition) is 5. The van der Waals surface area contributed by atoms with E-state index < -0.39 is 6.04 Å². The molecule has 0 fully saturated rings. The van der Waals surface area contributed by atoms with Gasteiger partial charge in [-0.05, 0) is 36.6 Å². The highest BCUT2D eigenvalue weighted by molar-refractivity contribution is 7.99. The number of para-hydroxylation sites is 1. The Bertz CT molecular complexity index is 1180. The molecule has 0 aliphatic heterocycles. The minimum Gasteiger partial charge on any atom is -0.342 e. The zero-order chi connectivity index (χ0) is 24.7. The Hall–Kier alpha value is -3.10. The van der Waals surface area contributed by atoms with Crippen molar-refractivity contribution in [1.82, 2.24) is 20.1 Å². The van der Waals surface area contributed by atoms with Crippen LogP contribution in [0, 0.1) is 0 Å². The van der Waals surface area contributed by atoms with Gasteiger partial charge in [0.05, 0.1) is 22.4 Å². The lowest BCUT2D eigenvalue weighted by molar-refractivity contribution is -0.113. The van der Waals surface area contributed by atoms with Crippen LogP contribution in [0.25, 0.3) is 0 Å². The quantitative estimate of drug-likeness (QED) is 0.286. The van der Waals surface area contributed by atoms with Crippen LogP contribution in [-0.2, 0) is 11.3 Å². The summed E-state index contributed by atoms with van der Waals surface area (Å²) in [7, 11) is 0. The fraction of sp³-hybridized carbons (Fsp3) is 0.280. The molecule has 34 heavy (non-hydrogen) atoms. The summed E-state index contributed by atoms with van der Waals surface area (Å²) >= 11 is 7.42. The highest BCUT2D eigenvalue weighted by atomic mass is 35.5. The van der Waals surface area contributed by atoms with Crippen molar-refractivity contribution in [3.05, 3.63) is 83.2 Å². The van der Waals surface area contributed by atoms with E-state index in [0.717, 1.165) is 11.3 Å². The Labute approximate surface area is 209 Å². The van der Waals surface area contributed by atoms with E-state index in [9.17, 15) is 9.59 Å². The van der Waals surface area contributed by atoms with Crippen molar-refractivity contribution >= 4 is 40.9 Å². The number of allylic oxidation sites excluding steroid dienone is 1. The summed E-state index contributed by atoms with van der Waals surface area (Å²) < 4.78 is 1.84. The first-order chi connectivity index (χ1) is 16.3. The van der Waals surface area contributed by atoms with Crippen molar-refractivity contribution in [3.8, 4) is 0 Å². The lowest BCUT2D eigenvalue weighted by Crippen LogP contribution is -2.29. The van der Waals surface area contributed by atoms with E-state index in [1.54, 1.807) is 30.3 Å². The molecule has 1 heterocycles. The second kappa shape index (κ2) is 11.9. The van der Waals surface area contributed by atoms with Gasteiger partial charge in [0.2, 0.25) is 5.91 Å². The van der Waals surface area contributed by atoms with E-state index in [1.165, 1.54) is 11.8 Å². The minimum atomic E-state index is -0.433. The highest BCUT2D eigenvalue weighted by Gasteiger charge is 2.21. The number of rotatable bonds is 10. The Morgan fingerprint density at radius 3 is 2.53 bits per heavy atom. The normalized spacial score (nSPS) is 11.8. The minimum absolute atomic E-state index is 0.132.